The molecule has 4 rings (SSSR count). The first-order chi connectivity index (χ1) is 15.3. The second kappa shape index (κ2) is 9.52. The van der Waals surface area contributed by atoms with Gasteiger partial charge in [-0.05, 0) is 44.5 Å². The van der Waals surface area contributed by atoms with Crippen LogP contribution in [0.4, 0.5) is 0 Å². The normalized spacial score (nSPS) is 43.9. The summed E-state index contributed by atoms with van der Waals surface area (Å²) in [6, 6.07) is 6.71. The summed E-state index contributed by atoms with van der Waals surface area (Å²) in [5, 5.41) is 39.9. The summed E-state index contributed by atoms with van der Waals surface area (Å²) >= 11 is 0. The molecule has 3 unspecified atom stereocenters. The smallest absolute Gasteiger partial charge is 0.234 e. The zero-order valence-electron chi connectivity index (χ0n) is 19.1. The van der Waals surface area contributed by atoms with Crippen LogP contribution in [0, 0.1) is 5.92 Å². The first kappa shape index (κ1) is 23.8. The number of benzene rings is 1. The molecule has 2 heterocycles. The van der Waals surface area contributed by atoms with Crippen LogP contribution in [0.1, 0.15) is 32.3 Å². The minimum absolute atomic E-state index is 0.184. The lowest BCUT2D eigenvalue weighted by molar-refractivity contribution is -0.451. The second-order valence-corrected chi connectivity index (χ2v) is 9.10. The van der Waals surface area contributed by atoms with E-state index in [-0.39, 0.29) is 12.0 Å². The molecule has 3 fully saturated rings. The SMILES string of the molecule is CC[C@@H]1[C@H](O)[C@H](NC)C2O[C@]3(O)C(OC2[C@H]1O)O[C@H](C)C[C@H]3NCc1cccc(OC)c1. The molecule has 0 aromatic heterocycles. The summed E-state index contributed by atoms with van der Waals surface area (Å²) in [7, 11) is 3.35. The Bertz CT molecular complexity index is 782. The van der Waals surface area contributed by atoms with Crippen molar-refractivity contribution in [3.63, 3.8) is 0 Å². The third-order valence-electron chi connectivity index (χ3n) is 7.12. The van der Waals surface area contributed by atoms with Crippen molar-refractivity contribution >= 4 is 0 Å². The maximum absolute atomic E-state index is 11.6. The molecular formula is C23H36N2O7. The number of fused-ring (bicyclic) bond motifs is 2. The fourth-order valence-electron chi connectivity index (χ4n) is 5.33. The lowest BCUT2D eigenvalue weighted by atomic mass is 9.74. The van der Waals surface area contributed by atoms with E-state index in [4.69, 9.17) is 18.9 Å². The molecule has 9 nitrogen and oxygen atoms in total. The Kier molecular flexibility index (Phi) is 7.09. The number of ether oxygens (including phenoxy) is 4. The van der Waals surface area contributed by atoms with Crippen LogP contribution < -0.4 is 15.4 Å². The van der Waals surface area contributed by atoms with E-state index < -0.39 is 48.6 Å². The number of rotatable bonds is 6. The minimum Gasteiger partial charge on any atom is -0.497 e. The van der Waals surface area contributed by atoms with Gasteiger partial charge < -0.3 is 44.9 Å². The van der Waals surface area contributed by atoms with Gasteiger partial charge in [-0.3, -0.25) is 0 Å². The zero-order valence-corrected chi connectivity index (χ0v) is 19.1. The molecular weight excluding hydrogens is 416 g/mol. The topological polar surface area (TPSA) is 122 Å². The summed E-state index contributed by atoms with van der Waals surface area (Å²) in [6.45, 7) is 4.32. The van der Waals surface area contributed by atoms with Gasteiger partial charge >= 0.3 is 0 Å². The first-order valence-electron chi connectivity index (χ1n) is 11.4. The van der Waals surface area contributed by atoms with Crippen LogP contribution in [0.25, 0.3) is 0 Å². The maximum Gasteiger partial charge on any atom is 0.234 e. The van der Waals surface area contributed by atoms with E-state index in [1.807, 2.05) is 38.1 Å². The maximum atomic E-state index is 11.6. The molecule has 10 atom stereocenters. The first-order valence-corrected chi connectivity index (χ1v) is 11.4. The number of likely N-dealkylation sites (N-methyl/N-ethyl adjacent to an activating group) is 1. The summed E-state index contributed by atoms with van der Waals surface area (Å²) in [5.41, 5.74) is 1.00. The van der Waals surface area contributed by atoms with E-state index in [1.165, 1.54) is 0 Å². The van der Waals surface area contributed by atoms with Gasteiger partial charge in [-0.25, -0.2) is 0 Å². The van der Waals surface area contributed by atoms with E-state index in [0.717, 1.165) is 11.3 Å². The van der Waals surface area contributed by atoms with Crippen LogP contribution in [-0.2, 0) is 20.8 Å². The predicted molar refractivity (Wildman–Crippen MR) is 116 cm³/mol. The van der Waals surface area contributed by atoms with Crippen LogP contribution in [0.5, 0.6) is 5.75 Å². The molecule has 1 aromatic rings. The van der Waals surface area contributed by atoms with Gasteiger partial charge in [0, 0.05) is 12.5 Å². The predicted octanol–water partition coefficient (Wildman–Crippen LogP) is 0.111. The van der Waals surface area contributed by atoms with Gasteiger partial charge in [0.1, 0.15) is 18.0 Å². The van der Waals surface area contributed by atoms with Gasteiger partial charge in [-0.1, -0.05) is 19.1 Å². The monoisotopic (exact) mass is 452 g/mol. The van der Waals surface area contributed by atoms with Crippen molar-refractivity contribution < 1.29 is 34.3 Å². The molecule has 3 aliphatic rings. The van der Waals surface area contributed by atoms with Crippen LogP contribution in [0.15, 0.2) is 24.3 Å². The average molecular weight is 453 g/mol. The van der Waals surface area contributed by atoms with Crippen molar-refractivity contribution in [2.75, 3.05) is 14.2 Å². The van der Waals surface area contributed by atoms with Gasteiger partial charge in [-0.15, -0.1) is 0 Å². The molecule has 1 saturated carbocycles. The molecule has 32 heavy (non-hydrogen) atoms. The Balaban J connectivity index is 1.56. The van der Waals surface area contributed by atoms with Gasteiger partial charge in [0.05, 0.1) is 37.5 Å². The lowest BCUT2D eigenvalue weighted by Crippen LogP contribution is -2.77. The van der Waals surface area contributed by atoms with Crippen LogP contribution in [0.3, 0.4) is 0 Å². The minimum atomic E-state index is -1.78. The summed E-state index contributed by atoms with van der Waals surface area (Å²) in [6.07, 6.45) is -3.39. The molecule has 1 aliphatic carbocycles. The molecule has 1 aromatic carbocycles. The van der Waals surface area contributed by atoms with Gasteiger partial charge in [0.25, 0.3) is 0 Å². The number of aliphatic hydroxyl groups is 3. The van der Waals surface area contributed by atoms with Crippen LogP contribution in [0.2, 0.25) is 0 Å². The van der Waals surface area contributed by atoms with Crippen molar-refractivity contribution in [1.82, 2.24) is 10.6 Å². The van der Waals surface area contributed by atoms with E-state index in [2.05, 4.69) is 10.6 Å². The van der Waals surface area contributed by atoms with E-state index in [1.54, 1.807) is 14.2 Å². The van der Waals surface area contributed by atoms with E-state index in [9.17, 15) is 15.3 Å². The van der Waals surface area contributed by atoms with Crippen LogP contribution in [-0.4, -0.2) is 84.2 Å². The van der Waals surface area contributed by atoms with E-state index in [0.29, 0.717) is 19.4 Å². The van der Waals surface area contributed by atoms with Crippen molar-refractivity contribution in [3.05, 3.63) is 29.8 Å². The summed E-state index contributed by atoms with van der Waals surface area (Å²) in [5.74, 6) is -1.39. The Morgan fingerprint density at radius 2 is 1.97 bits per heavy atom. The van der Waals surface area contributed by atoms with E-state index >= 15 is 0 Å². The number of hydrogen-bond donors (Lipinski definition) is 5. The molecule has 0 amide bonds. The average Bonchev–Trinajstić information content (AvgIpc) is 2.78. The highest BCUT2D eigenvalue weighted by atomic mass is 16.8. The molecule has 180 valence electrons. The molecule has 0 spiro atoms. The number of methoxy groups -OCH3 is 1. The highest BCUT2D eigenvalue weighted by Gasteiger charge is 2.63. The number of nitrogens with one attached hydrogen (secondary N) is 2. The number of hydrogen-bond acceptors (Lipinski definition) is 9. The summed E-state index contributed by atoms with van der Waals surface area (Å²) < 4.78 is 23.6. The second-order valence-electron chi connectivity index (χ2n) is 9.10. The van der Waals surface area contributed by atoms with Gasteiger partial charge in [0.15, 0.2) is 0 Å². The van der Waals surface area contributed by atoms with Crippen molar-refractivity contribution in [2.45, 2.75) is 87.9 Å². The third kappa shape index (κ3) is 4.17. The fourth-order valence-corrected chi connectivity index (χ4v) is 5.33. The Labute approximate surface area is 189 Å². The quantitative estimate of drug-likeness (QED) is 0.409. The fraction of sp³-hybridized carbons (Fsp3) is 0.739. The standard InChI is InChI=1S/C23H36N2O7/c1-5-15-18(26)17(24-3)20-21(19(15)27)31-22-23(28,32-20)16(9-12(2)30-22)25-11-13-7-6-8-14(10-13)29-4/h6-8,10,12,15-22,24-28H,5,9,11H2,1-4H3/t12-,15-,16-,17+,18+,19+,20?,21?,22?,23+/m1/s1. The van der Waals surface area contributed by atoms with Crippen molar-refractivity contribution in [3.8, 4) is 5.75 Å². The Hall–Kier alpha value is -1.30. The molecule has 2 saturated heterocycles. The Morgan fingerprint density at radius 1 is 1.19 bits per heavy atom. The highest BCUT2D eigenvalue weighted by Crippen LogP contribution is 2.43. The van der Waals surface area contributed by atoms with Crippen molar-refractivity contribution in [2.24, 2.45) is 5.92 Å². The van der Waals surface area contributed by atoms with Gasteiger partial charge in [-0.2, -0.15) is 0 Å². The van der Waals surface area contributed by atoms with Crippen LogP contribution >= 0.6 is 0 Å². The molecule has 0 radical (unpaired) electrons. The molecule has 5 N–H and O–H groups in total. The Morgan fingerprint density at radius 3 is 2.66 bits per heavy atom. The highest BCUT2D eigenvalue weighted by molar-refractivity contribution is 5.28. The summed E-state index contributed by atoms with van der Waals surface area (Å²) in [4.78, 5) is 0. The number of aliphatic hydroxyl groups excluding tert-OH is 2. The third-order valence-corrected chi connectivity index (χ3v) is 7.12. The van der Waals surface area contributed by atoms with Crippen molar-refractivity contribution in [1.29, 1.82) is 0 Å². The lowest BCUT2D eigenvalue weighted by Gasteiger charge is -2.58. The largest absolute Gasteiger partial charge is 0.497 e. The van der Waals surface area contributed by atoms with Gasteiger partial charge in [0.2, 0.25) is 12.1 Å². The molecule has 2 aliphatic heterocycles. The molecule has 0 bridgehead atoms. The molecule has 9 heteroatoms. The zero-order chi connectivity index (χ0) is 23.0.